The van der Waals surface area contributed by atoms with Crippen molar-refractivity contribution in [3.05, 3.63) is 53.8 Å². The summed E-state index contributed by atoms with van der Waals surface area (Å²) in [5.41, 5.74) is 2.38. The molecule has 0 fully saturated rings. The van der Waals surface area contributed by atoms with Crippen molar-refractivity contribution >= 4 is 11.5 Å². The summed E-state index contributed by atoms with van der Waals surface area (Å²) in [7, 11) is 1.37. The van der Waals surface area contributed by atoms with Gasteiger partial charge in [0, 0.05) is 5.57 Å². The van der Waals surface area contributed by atoms with Gasteiger partial charge in [0.2, 0.25) is 5.76 Å². The van der Waals surface area contributed by atoms with Crippen LogP contribution in [0.4, 0.5) is 0 Å². The fourth-order valence-electron chi connectivity index (χ4n) is 1.59. The quantitative estimate of drug-likeness (QED) is 0.482. The molecule has 0 aliphatic rings. The first kappa shape index (κ1) is 13.0. The second kappa shape index (κ2) is 5.89. The molecule has 0 amide bonds. The molecule has 0 bridgehead atoms. The van der Waals surface area contributed by atoms with Crippen LogP contribution in [-0.2, 0) is 9.53 Å². The standard InChI is InChI=1S/C14H16O3/c1-10(2)9-12(13(17-3)14(15)16)11-7-5-4-6-8-11/h4-8H,1,9H2,2-3H3,(H,15,16). The first-order chi connectivity index (χ1) is 8.06. The fraction of sp³-hybridized carbons (Fsp3) is 0.214. The Morgan fingerprint density at radius 1 is 1.35 bits per heavy atom. The van der Waals surface area contributed by atoms with E-state index in [0.717, 1.165) is 11.1 Å². The third-order valence-electron chi connectivity index (χ3n) is 2.27. The van der Waals surface area contributed by atoms with Gasteiger partial charge in [0.25, 0.3) is 0 Å². The van der Waals surface area contributed by atoms with Crippen molar-refractivity contribution < 1.29 is 14.6 Å². The van der Waals surface area contributed by atoms with Gasteiger partial charge in [0.1, 0.15) is 0 Å². The van der Waals surface area contributed by atoms with Crippen LogP contribution in [0.1, 0.15) is 18.9 Å². The molecule has 90 valence electrons. The highest BCUT2D eigenvalue weighted by molar-refractivity contribution is 5.94. The molecule has 0 saturated carbocycles. The van der Waals surface area contributed by atoms with Crippen molar-refractivity contribution in [2.75, 3.05) is 7.11 Å². The van der Waals surface area contributed by atoms with Gasteiger partial charge in [-0.2, -0.15) is 0 Å². The Hall–Kier alpha value is -2.03. The van der Waals surface area contributed by atoms with Crippen LogP contribution in [-0.4, -0.2) is 18.2 Å². The van der Waals surface area contributed by atoms with Gasteiger partial charge in [-0.3, -0.25) is 0 Å². The van der Waals surface area contributed by atoms with E-state index in [1.165, 1.54) is 7.11 Å². The molecule has 1 aromatic rings. The number of rotatable bonds is 5. The highest BCUT2D eigenvalue weighted by Crippen LogP contribution is 2.25. The van der Waals surface area contributed by atoms with E-state index < -0.39 is 5.97 Å². The predicted octanol–water partition coefficient (Wildman–Crippen LogP) is 3.09. The summed E-state index contributed by atoms with van der Waals surface area (Å²) >= 11 is 0. The van der Waals surface area contributed by atoms with Crippen LogP contribution in [0, 0.1) is 0 Å². The average Bonchev–Trinajstić information content (AvgIpc) is 2.29. The van der Waals surface area contributed by atoms with Gasteiger partial charge in [-0.15, -0.1) is 0 Å². The van der Waals surface area contributed by atoms with E-state index in [1.54, 1.807) is 0 Å². The normalized spacial score (nSPS) is 11.6. The van der Waals surface area contributed by atoms with E-state index in [2.05, 4.69) is 6.58 Å². The van der Waals surface area contributed by atoms with Crippen molar-refractivity contribution in [3.63, 3.8) is 0 Å². The minimum absolute atomic E-state index is 0.0285. The molecular weight excluding hydrogens is 216 g/mol. The molecule has 1 N–H and O–H groups in total. The maximum Gasteiger partial charge on any atom is 0.371 e. The number of allylic oxidation sites excluding steroid dienone is 2. The van der Waals surface area contributed by atoms with E-state index in [1.807, 2.05) is 37.3 Å². The molecule has 1 aromatic carbocycles. The average molecular weight is 232 g/mol. The first-order valence-electron chi connectivity index (χ1n) is 5.26. The number of methoxy groups -OCH3 is 1. The Bertz CT molecular complexity index is 444. The molecule has 0 atom stereocenters. The SMILES string of the molecule is C=C(C)CC(=C(OC)C(=O)O)c1ccccc1. The minimum Gasteiger partial charge on any atom is -0.490 e. The summed E-state index contributed by atoms with van der Waals surface area (Å²) in [4.78, 5) is 11.1. The predicted molar refractivity (Wildman–Crippen MR) is 67.4 cm³/mol. The molecular formula is C14H16O3. The fourth-order valence-corrected chi connectivity index (χ4v) is 1.59. The minimum atomic E-state index is -1.06. The van der Waals surface area contributed by atoms with E-state index in [-0.39, 0.29) is 5.76 Å². The van der Waals surface area contributed by atoms with Crippen LogP contribution in [0.5, 0.6) is 0 Å². The maximum atomic E-state index is 11.1. The number of hydrogen-bond acceptors (Lipinski definition) is 2. The third kappa shape index (κ3) is 3.48. The lowest BCUT2D eigenvalue weighted by atomic mass is 9.98. The zero-order valence-corrected chi connectivity index (χ0v) is 10.1. The third-order valence-corrected chi connectivity index (χ3v) is 2.27. The van der Waals surface area contributed by atoms with Gasteiger partial charge in [0.05, 0.1) is 7.11 Å². The van der Waals surface area contributed by atoms with Crippen molar-refractivity contribution in [1.82, 2.24) is 0 Å². The van der Waals surface area contributed by atoms with Crippen LogP contribution >= 0.6 is 0 Å². The van der Waals surface area contributed by atoms with Crippen molar-refractivity contribution in [2.24, 2.45) is 0 Å². The molecule has 0 unspecified atom stereocenters. The number of carboxylic acids is 1. The largest absolute Gasteiger partial charge is 0.490 e. The lowest BCUT2D eigenvalue weighted by molar-refractivity contribution is -0.135. The van der Waals surface area contributed by atoms with Gasteiger partial charge in [-0.05, 0) is 18.9 Å². The lowest BCUT2D eigenvalue weighted by Crippen LogP contribution is -2.06. The number of benzene rings is 1. The summed E-state index contributed by atoms with van der Waals surface area (Å²) in [6, 6.07) is 9.33. The molecule has 0 aliphatic heterocycles. The summed E-state index contributed by atoms with van der Waals surface area (Å²) in [5.74, 6) is -1.09. The number of ether oxygens (including phenoxy) is 1. The van der Waals surface area contributed by atoms with Gasteiger partial charge >= 0.3 is 5.97 Å². The van der Waals surface area contributed by atoms with Crippen LogP contribution in [0.15, 0.2) is 48.2 Å². The molecule has 0 heterocycles. The lowest BCUT2D eigenvalue weighted by Gasteiger charge is -2.11. The van der Waals surface area contributed by atoms with Gasteiger partial charge < -0.3 is 9.84 Å². The van der Waals surface area contributed by atoms with E-state index in [9.17, 15) is 4.79 Å². The summed E-state index contributed by atoms with van der Waals surface area (Å²) < 4.78 is 4.97. The Labute approximate surface area is 101 Å². The molecule has 3 heteroatoms. The molecule has 1 rings (SSSR count). The van der Waals surface area contributed by atoms with Crippen LogP contribution in [0.2, 0.25) is 0 Å². The summed E-state index contributed by atoms with van der Waals surface area (Å²) in [6.07, 6.45) is 0.486. The zero-order valence-electron chi connectivity index (χ0n) is 10.1. The van der Waals surface area contributed by atoms with Crippen molar-refractivity contribution in [2.45, 2.75) is 13.3 Å². The summed E-state index contributed by atoms with van der Waals surface area (Å²) in [6.45, 7) is 5.67. The van der Waals surface area contributed by atoms with E-state index >= 15 is 0 Å². The Morgan fingerprint density at radius 2 is 1.94 bits per heavy atom. The Morgan fingerprint density at radius 3 is 2.35 bits per heavy atom. The number of hydrogen-bond donors (Lipinski definition) is 1. The number of carboxylic acid groups (broad SMARTS) is 1. The van der Waals surface area contributed by atoms with Gasteiger partial charge in [0.15, 0.2) is 0 Å². The zero-order chi connectivity index (χ0) is 12.8. The molecule has 0 aromatic heterocycles. The second-order valence-corrected chi connectivity index (χ2v) is 3.82. The van der Waals surface area contributed by atoms with Crippen LogP contribution in [0.25, 0.3) is 5.57 Å². The smallest absolute Gasteiger partial charge is 0.371 e. The molecule has 0 spiro atoms. The van der Waals surface area contributed by atoms with E-state index in [4.69, 9.17) is 9.84 Å². The van der Waals surface area contributed by atoms with Crippen LogP contribution in [0.3, 0.4) is 0 Å². The highest BCUT2D eigenvalue weighted by atomic mass is 16.5. The van der Waals surface area contributed by atoms with Gasteiger partial charge in [-0.25, -0.2) is 4.79 Å². The van der Waals surface area contributed by atoms with Crippen molar-refractivity contribution in [3.8, 4) is 0 Å². The Balaban J connectivity index is 3.29. The summed E-state index contributed by atoms with van der Waals surface area (Å²) in [5, 5.41) is 9.11. The number of aliphatic carboxylic acids is 1. The topological polar surface area (TPSA) is 46.5 Å². The molecule has 0 radical (unpaired) electrons. The number of carbonyl (C=O) groups is 1. The molecule has 3 nitrogen and oxygen atoms in total. The van der Waals surface area contributed by atoms with Gasteiger partial charge in [-0.1, -0.05) is 42.5 Å². The molecule has 17 heavy (non-hydrogen) atoms. The maximum absolute atomic E-state index is 11.1. The van der Waals surface area contributed by atoms with Crippen LogP contribution < -0.4 is 0 Å². The van der Waals surface area contributed by atoms with E-state index in [0.29, 0.717) is 12.0 Å². The highest BCUT2D eigenvalue weighted by Gasteiger charge is 2.16. The molecule has 0 saturated heterocycles. The first-order valence-corrected chi connectivity index (χ1v) is 5.26. The van der Waals surface area contributed by atoms with Crippen molar-refractivity contribution in [1.29, 1.82) is 0 Å². The second-order valence-electron chi connectivity index (χ2n) is 3.82. The Kier molecular flexibility index (Phi) is 4.52. The molecule has 0 aliphatic carbocycles. The monoisotopic (exact) mass is 232 g/mol.